The molecule has 0 aliphatic rings. The molecule has 0 rings (SSSR count). The largest absolute Gasteiger partial charge is 0.472 e. The van der Waals surface area contributed by atoms with Crippen LogP contribution in [-0.4, -0.2) is 73.4 Å². The van der Waals surface area contributed by atoms with Gasteiger partial charge < -0.3 is 19.8 Å². The second kappa shape index (κ2) is 49.2. The van der Waals surface area contributed by atoms with E-state index >= 15 is 0 Å². The predicted molar refractivity (Wildman–Crippen MR) is 295 cm³/mol. The summed E-state index contributed by atoms with van der Waals surface area (Å²) in [6, 6.07) is -0.762. The second-order valence-electron chi connectivity index (χ2n) is 19.2. The van der Waals surface area contributed by atoms with Gasteiger partial charge in [-0.15, -0.1) is 0 Å². The molecule has 0 aliphatic carbocycles. The second-order valence-corrected chi connectivity index (χ2v) is 20.7. The van der Waals surface area contributed by atoms with Crippen LogP contribution < -0.4 is 5.32 Å². The smallest absolute Gasteiger partial charge is 0.391 e. The highest BCUT2D eigenvalue weighted by Gasteiger charge is 2.28. The van der Waals surface area contributed by atoms with E-state index in [2.05, 4.69) is 129 Å². The van der Waals surface area contributed by atoms with Gasteiger partial charge in [0.05, 0.1) is 39.9 Å². The molecule has 3 atom stereocenters. The third-order valence-electron chi connectivity index (χ3n) is 11.5. The molecule has 0 aliphatic heterocycles. The van der Waals surface area contributed by atoms with Crippen molar-refractivity contribution in [3.8, 4) is 0 Å². The minimum absolute atomic E-state index is 0.0697. The average molecular weight is 968 g/mol. The molecule has 390 valence electrons. The molecule has 8 nitrogen and oxygen atoms in total. The first-order chi connectivity index (χ1) is 33.0. The first-order valence-electron chi connectivity index (χ1n) is 27.3. The third kappa shape index (κ3) is 51.0. The number of nitrogens with one attached hydrogen (secondary N) is 1. The van der Waals surface area contributed by atoms with Crippen molar-refractivity contribution in [2.75, 3.05) is 40.9 Å². The molecule has 0 aromatic rings. The summed E-state index contributed by atoms with van der Waals surface area (Å²) in [4.78, 5) is 23.0. The lowest BCUT2D eigenvalue weighted by Crippen LogP contribution is -2.46. The molecule has 3 unspecified atom stereocenters. The number of nitrogens with zero attached hydrogens (tertiary/aromatic N) is 1. The molecule has 0 spiro atoms. The van der Waals surface area contributed by atoms with E-state index in [-0.39, 0.29) is 19.1 Å². The van der Waals surface area contributed by atoms with Gasteiger partial charge in [-0.25, -0.2) is 4.57 Å². The van der Waals surface area contributed by atoms with Crippen LogP contribution in [0.15, 0.2) is 109 Å². The Balaban J connectivity index is 3.85. The zero-order valence-electron chi connectivity index (χ0n) is 44.3. The van der Waals surface area contributed by atoms with Gasteiger partial charge in [0.1, 0.15) is 13.2 Å². The van der Waals surface area contributed by atoms with Crippen molar-refractivity contribution >= 4 is 13.7 Å². The number of carbonyl (C=O) groups excluding carboxylic acids is 1. The predicted octanol–water partition coefficient (Wildman–Crippen LogP) is 16.4. The van der Waals surface area contributed by atoms with Crippen molar-refractivity contribution in [2.45, 2.75) is 219 Å². The SMILES string of the molecule is CC/C=C\C/C=C\C/C=C\C/C=C\C/C=C\C/C=C\C/C=C\C/C=C\C/C=C\CCCCCCCCCCCCCCCC(=O)NC(COP(=O)(O)OCC[N+](C)(C)C)C(O)CCCCCCC. The minimum Gasteiger partial charge on any atom is -0.391 e. The summed E-state index contributed by atoms with van der Waals surface area (Å²) >= 11 is 0. The van der Waals surface area contributed by atoms with Crippen molar-refractivity contribution in [1.29, 1.82) is 0 Å². The van der Waals surface area contributed by atoms with Crippen molar-refractivity contribution in [1.82, 2.24) is 5.32 Å². The lowest BCUT2D eigenvalue weighted by molar-refractivity contribution is -0.870. The number of unbranched alkanes of at least 4 members (excludes halogenated alkanes) is 17. The molecule has 0 aromatic heterocycles. The summed E-state index contributed by atoms with van der Waals surface area (Å²) in [7, 11) is 1.60. The van der Waals surface area contributed by atoms with Gasteiger partial charge in [0.2, 0.25) is 5.91 Å². The number of likely N-dealkylation sites (N-methyl/N-ethyl adjacent to an activating group) is 1. The Morgan fingerprint density at radius 1 is 0.515 bits per heavy atom. The molecule has 0 fully saturated rings. The van der Waals surface area contributed by atoms with E-state index in [1.54, 1.807) is 0 Å². The molecule has 3 N–H and O–H groups in total. The van der Waals surface area contributed by atoms with E-state index in [4.69, 9.17) is 9.05 Å². The monoisotopic (exact) mass is 968 g/mol. The first-order valence-corrected chi connectivity index (χ1v) is 28.7. The Bertz CT molecular complexity index is 1470. The third-order valence-corrected chi connectivity index (χ3v) is 12.5. The van der Waals surface area contributed by atoms with Crippen LogP contribution in [0.3, 0.4) is 0 Å². The molecule has 1 amide bonds. The highest BCUT2D eigenvalue weighted by atomic mass is 31.2. The number of phosphoric ester groups is 1. The van der Waals surface area contributed by atoms with Gasteiger partial charge in [0, 0.05) is 6.42 Å². The summed E-state index contributed by atoms with van der Waals surface area (Å²) in [5.41, 5.74) is 0. The molecule has 0 saturated heterocycles. The zero-order valence-corrected chi connectivity index (χ0v) is 45.2. The van der Waals surface area contributed by atoms with Crippen LogP contribution in [0.4, 0.5) is 0 Å². The number of quaternary nitrogens is 1. The fourth-order valence-electron chi connectivity index (χ4n) is 7.27. The lowest BCUT2D eigenvalue weighted by atomic mass is 10.0. The highest BCUT2D eigenvalue weighted by Crippen LogP contribution is 2.43. The average Bonchev–Trinajstić information content (AvgIpc) is 3.30. The Labute approximate surface area is 419 Å². The van der Waals surface area contributed by atoms with Crippen molar-refractivity contribution in [3.05, 3.63) is 109 Å². The molecular weight excluding hydrogens is 864 g/mol. The van der Waals surface area contributed by atoms with Crippen LogP contribution in [0.25, 0.3) is 0 Å². The van der Waals surface area contributed by atoms with E-state index in [1.807, 2.05) is 21.1 Å². The van der Waals surface area contributed by atoms with Gasteiger partial charge >= 0.3 is 7.82 Å². The van der Waals surface area contributed by atoms with Gasteiger partial charge in [0.15, 0.2) is 0 Å². The number of hydrogen-bond donors (Lipinski definition) is 3. The number of amides is 1. The standard InChI is InChI=1S/C59H103N2O6P/c1-6-8-10-12-13-14-15-16-17-18-19-20-21-22-23-24-25-26-27-28-29-30-31-32-33-34-35-36-37-38-39-40-41-42-43-44-45-46-47-49-51-53-59(63)60-57(58(62)52-50-48-11-9-7-2)56-67-68(64,65)66-55-54-61(3,4)5/h8,10,13-14,16-17,19-20,22-23,25-26,28-29,31-32,34-35,57-58,62H,6-7,9,11-12,15,18,21,24,27,30,33,36-56H2,1-5H3,(H-,60,63,64,65)/p+1/b10-8-,14-13-,17-16-,20-19-,23-22-,26-25-,29-28-,32-31-,35-34-. The summed E-state index contributed by atoms with van der Waals surface area (Å²) in [5.74, 6) is -0.157. The summed E-state index contributed by atoms with van der Waals surface area (Å²) < 4.78 is 23.5. The highest BCUT2D eigenvalue weighted by molar-refractivity contribution is 7.47. The zero-order chi connectivity index (χ0) is 49.9. The van der Waals surface area contributed by atoms with Crippen LogP contribution in [0.5, 0.6) is 0 Å². The Morgan fingerprint density at radius 3 is 1.29 bits per heavy atom. The molecule has 0 radical (unpaired) electrons. The molecule has 0 bridgehead atoms. The van der Waals surface area contributed by atoms with E-state index in [1.165, 1.54) is 70.6 Å². The molecule has 68 heavy (non-hydrogen) atoms. The number of carbonyl (C=O) groups is 1. The van der Waals surface area contributed by atoms with E-state index in [0.717, 1.165) is 109 Å². The van der Waals surface area contributed by atoms with Crippen molar-refractivity contribution < 1.29 is 32.9 Å². The number of phosphoric acid groups is 1. The number of hydrogen-bond acceptors (Lipinski definition) is 5. The molecule has 0 saturated carbocycles. The molecule has 0 heterocycles. The topological polar surface area (TPSA) is 105 Å². The van der Waals surface area contributed by atoms with Crippen LogP contribution in [0.2, 0.25) is 0 Å². The van der Waals surface area contributed by atoms with Gasteiger partial charge in [-0.2, -0.15) is 0 Å². The maximum absolute atomic E-state index is 12.8. The first kappa shape index (κ1) is 65.2. The fourth-order valence-corrected chi connectivity index (χ4v) is 8.01. The Kier molecular flexibility index (Phi) is 47.1. The quantitative estimate of drug-likeness (QED) is 0.0243. The molecule has 9 heteroatoms. The normalized spacial score (nSPS) is 14.9. The summed E-state index contributed by atoms with van der Waals surface area (Å²) in [6.45, 7) is 4.66. The molecule has 0 aromatic carbocycles. The maximum Gasteiger partial charge on any atom is 0.472 e. The number of allylic oxidation sites excluding steroid dienone is 18. The summed E-state index contributed by atoms with van der Waals surface area (Å²) in [6.07, 6.45) is 72.0. The van der Waals surface area contributed by atoms with Crippen LogP contribution in [0, 0.1) is 0 Å². The number of rotatable bonds is 48. The lowest BCUT2D eigenvalue weighted by Gasteiger charge is -2.26. The summed E-state index contributed by atoms with van der Waals surface area (Å²) in [5, 5.41) is 13.8. The number of aliphatic hydroxyl groups is 1. The van der Waals surface area contributed by atoms with Crippen LogP contribution in [-0.2, 0) is 18.4 Å². The Morgan fingerprint density at radius 2 is 0.882 bits per heavy atom. The van der Waals surface area contributed by atoms with Gasteiger partial charge in [-0.3, -0.25) is 13.8 Å². The Hall–Kier alpha value is -2.84. The van der Waals surface area contributed by atoms with Gasteiger partial charge in [0.25, 0.3) is 0 Å². The van der Waals surface area contributed by atoms with Crippen molar-refractivity contribution in [3.63, 3.8) is 0 Å². The van der Waals surface area contributed by atoms with E-state index < -0.39 is 20.0 Å². The van der Waals surface area contributed by atoms with E-state index in [9.17, 15) is 19.4 Å². The van der Waals surface area contributed by atoms with Crippen LogP contribution in [0.1, 0.15) is 206 Å². The molecular formula is C59H104N2O6P+. The fraction of sp³-hybridized carbons (Fsp3) is 0.678. The van der Waals surface area contributed by atoms with Gasteiger partial charge in [-0.05, 0) is 83.5 Å². The number of aliphatic hydroxyl groups excluding tert-OH is 1. The van der Waals surface area contributed by atoms with Crippen molar-refractivity contribution in [2.24, 2.45) is 0 Å². The maximum atomic E-state index is 12.8. The minimum atomic E-state index is -4.31. The van der Waals surface area contributed by atoms with Gasteiger partial charge in [-0.1, -0.05) is 226 Å². The van der Waals surface area contributed by atoms with E-state index in [0.29, 0.717) is 23.9 Å². The van der Waals surface area contributed by atoms with Crippen LogP contribution >= 0.6 is 7.82 Å².